The molecule has 0 atom stereocenters. The van der Waals surface area contributed by atoms with E-state index in [9.17, 15) is 13.2 Å². The number of hydrogen-bond donors (Lipinski definition) is 0. The summed E-state index contributed by atoms with van der Waals surface area (Å²) >= 11 is 0. The number of piperidine rings is 1. The first-order valence-electron chi connectivity index (χ1n) is 14.0. The number of aryl methyl sites for hydroxylation is 4. The van der Waals surface area contributed by atoms with Crippen molar-refractivity contribution in [1.29, 1.82) is 0 Å². The molecule has 40 heavy (non-hydrogen) atoms. The highest BCUT2D eigenvalue weighted by Gasteiger charge is 2.37. The third-order valence-corrected chi connectivity index (χ3v) is 10.1. The Balaban J connectivity index is 1.20. The lowest BCUT2D eigenvalue weighted by Gasteiger charge is -2.39. The molecule has 2 fully saturated rings. The standard InChI is InChI=1S/C31H38N4O4S/c1-22-6-9-26(10-7-22)11-12-29-30(25(4)32-39-29)40(37,38)35-15-13-27(14-16-35)31(36)34-19-17-33(18-20-34)28-21-23(2)5-8-24(28)3/h5-12,21,27H,13-20H2,1-4H3/b12-11+. The summed E-state index contributed by atoms with van der Waals surface area (Å²) in [5, 5.41) is 3.95. The van der Waals surface area contributed by atoms with Crippen molar-refractivity contribution < 1.29 is 17.7 Å². The average molecular weight is 563 g/mol. The fourth-order valence-corrected chi connectivity index (χ4v) is 7.33. The van der Waals surface area contributed by atoms with Crippen LogP contribution in [0, 0.1) is 33.6 Å². The number of carbonyl (C=O) groups excluding carboxylic acids is 1. The van der Waals surface area contributed by atoms with Gasteiger partial charge in [-0.3, -0.25) is 4.79 Å². The second-order valence-corrected chi connectivity index (χ2v) is 12.9. The number of aromatic nitrogens is 1. The van der Waals surface area contributed by atoms with E-state index in [1.165, 1.54) is 21.1 Å². The number of carbonyl (C=O) groups is 1. The molecular formula is C31H38N4O4S. The Kier molecular flexibility index (Phi) is 8.14. The fraction of sp³-hybridized carbons (Fsp3) is 0.419. The Morgan fingerprint density at radius 1 is 0.875 bits per heavy atom. The number of hydrogen-bond acceptors (Lipinski definition) is 6. The minimum absolute atomic E-state index is 0.100. The van der Waals surface area contributed by atoms with E-state index in [1.54, 1.807) is 13.0 Å². The molecule has 1 aromatic heterocycles. The Morgan fingerprint density at radius 2 is 1.52 bits per heavy atom. The third kappa shape index (κ3) is 5.86. The maximum Gasteiger partial charge on any atom is 0.248 e. The molecule has 3 heterocycles. The highest BCUT2D eigenvalue weighted by Crippen LogP contribution is 2.30. The molecule has 3 aromatic rings. The fourth-order valence-electron chi connectivity index (χ4n) is 5.61. The molecule has 0 saturated carbocycles. The molecule has 1 amide bonds. The smallest absolute Gasteiger partial charge is 0.248 e. The zero-order chi connectivity index (χ0) is 28.4. The van der Waals surface area contributed by atoms with Gasteiger partial charge in [-0.2, -0.15) is 4.31 Å². The first kappa shape index (κ1) is 28.1. The first-order chi connectivity index (χ1) is 19.1. The SMILES string of the molecule is Cc1ccc(/C=C/c2onc(C)c2S(=O)(=O)N2CCC(C(=O)N3CCN(c4cc(C)ccc4C)CC3)CC2)cc1. The van der Waals surface area contributed by atoms with Crippen molar-refractivity contribution in [3.05, 3.63) is 76.2 Å². The summed E-state index contributed by atoms with van der Waals surface area (Å²) in [7, 11) is -3.82. The number of nitrogens with zero attached hydrogens (tertiary/aromatic N) is 4. The summed E-state index contributed by atoms with van der Waals surface area (Å²) in [6, 6.07) is 14.4. The largest absolute Gasteiger partial charge is 0.368 e. The van der Waals surface area contributed by atoms with Crippen molar-refractivity contribution in [1.82, 2.24) is 14.4 Å². The van der Waals surface area contributed by atoms with Crippen LogP contribution in [0.4, 0.5) is 5.69 Å². The zero-order valence-corrected chi connectivity index (χ0v) is 24.6. The Bertz CT molecular complexity index is 1490. The Hall–Kier alpha value is -3.43. The predicted octanol–water partition coefficient (Wildman–Crippen LogP) is 4.83. The molecule has 2 saturated heterocycles. The van der Waals surface area contributed by atoms with E-state index in [1.807, 2.05) is 42.2 Å². The first-order valence-corrected chi connectivity index (χ1v) is 15.4. The minimum atomic E-state index is -3.82. The van der Waals surface area contributed by atoms with Crippen molar-refractivity contribution in [2.45, 2.75) is 45.4 Å². The molecule has 9 heteroatoms. The minimum Gasteiger partial charge on any atom is -0.368 e. The topological polar surface area (TPSA) is 87.0 Å². The summed E-state index contributed by atoms with van der Waals surface area (Å²) in [6.07, 6.45) is 4.50. The third-order valence-electron chi connectivity index (χ3n) is 8.04. The van der Waals surface area contributed by atoms with E-state index in [-0.39, 0.29) is 22.5 Å². The van der Waals surface area contributed by atoms with Crippen molar-refractivity contribution in [3.63, 3.8) is 0 Å². The van der Waals surface area contributed by atoms with Gasteiger partial charge in [-0.05, 0) is 69.4 Å². The Morgan fingerprint density at radius 3 is 2.20 bits per heavy atom. The summed E-state index contributed by atoms with van der Waals surface area (Å²) in [5.74, 6) is 0.196. The zero-order valence-electron chi connectivity index (χ0n) is 23.8. The van der Waals surface area contributed by atoms with Crippen LogP contribution in [0.25, 0.3) is 12.2 Å². The van der Waals surface area contributed by atoms with Crippen LogP contribution >= 0.6 is 0 Å². The number of rotatable bonds is 6. The molecule has 212 valence electrons. The van der Waals surface area contributed by atoms with Crippen LogP contribution < -0.4 is 4.90 Å². The quantitative estimate of drug-likeness (QED) is 0.428. The van der Waals surface area contributed by atoms with E-state index >= 15 is 0 Å². The molecule has 2 aromatic carbocycles. The van der Waals surface area contributed by atoms with Crippen LogP contribution in [0.5, 0.6) is 0 Å². The van der Waals surface area contributed by atoms with Crippen LogP contribution in [0.2, 0.25) is 0 Å². The molecule has 0 aliphatic carbocycles. The van der Waals surface area contributed by atoms with Gasteiger partial charge < -0.3 is 14.3 Å². The van der Waals surface area contributed by atoms with Crippen molar-refractivity contribution in [3.8, 4) is 0 Å². The summed E-state index contributed by atoms with van der Waals surface area (Å²) in [5.41, 5.74) is 6.15. The Labute approximate surface area is 237 Å². The van der Waals surface area contributed by atoms with E-state index in [0.29, 0.717) is 44.7 Å². The van der Waals surface area contributed by atoms with Gasteiger partial charge in [0.2, 0.25) is 15.9 Å². The molecule has 0 bridgehead atoms. The van der Waals surface area contributed by atoms with Gasteiger partial charge in [-0.25, -0.2) is 8.42 Å². The molecule has 0 unspecified atom stereocenters. The van der Waals surface area contributed by atoms with Crippen LogP contribution in [0.1, 0.15) is 46.5 Å². The molecule has 0 N–H and O–H groups in total. The lowest BCUT2D eigenvalue weighted by Crippen LogP contribution is -2.52. The van der Waals surface area contributed by atoms with Crippen molar-refractivity contribution >= 4 is 33.8 Å². The lowest BCUT2D eigenvalue weighted by molar-refractivity contribution is -0.137. The van der Waals surface area contributed by atoms with Crippen LogP contribution in [-0.2, 0) is 14.8 Å². The second kappa shape index (κ2) is 11.6. The van der Waals surface area contributed by atoms with Gasteiger partial charge >= 0.3 is 0 Å². The van der Waals surface area contributed by atoms with E-state index in [4.69, 9.17) is 4.52 Å². The van der Waals surface area contributed by atoms with Gasteiger partial charge in [0, 0.05) is 50.9 Å². The van der Waals surface area contributed by atoms with Gasteiger partial charge in [-0.15, -0.1) is 0 Å². The van der Waals surface area contributed by atoms with E-state index < -0.39 is 10.0 Å². The molecule has 5 rings (SSSR count). The van der Waals surface area contributed by atoms with Crippen molar-refractivity contribution in [2.75, 3.05) is 44.2 Å². The van der Waals surface area contributed by atoms with Gasteiger partial charge in [0.15, 0.2) is 10.7 Å². The summed E-state index contributed by atoms with van der Waals surface area (Å²) in [6.45, 7) is 11.4. The molecule has 0 radical (unpaired) electrons. The van der Waals surface area contributed by atoms with Crippen LogP contribution in [0.15, 0.2) is 51.9 Å². The van der Waals surface area contributed by atoms with E-state index in [2.05, 4.69) is 42.1 Å². The maximum absolute atomic E-state index is 13.6. The van der Waals surface area contributed by atoms with Gasteiger partial charge in [0.05, 0.1) is 0 Å². The predicted molar refractivity (Wildman–Crippen MR) is 158 cm³/mol. The molecular weight excluding hydrogens is 524 g/mol. The maximum atomic E-state index is 13.6. The molecule has 2 aliphatic heterocycles. The molecule has 8 nitrogen and oxygen atoms in total. The summed E-state index contributed by atoms with van der Waals surface area (Å²) in [4.78, 5) is 17.8. The summed E-state index contributed by atoms with van der Waals surface area (Å²) < 4.78 is 34.1. The second-order valence-electron chi connectivity index (χ2n) is 11.0. The number of benzene rings is 2. The number of anilines is 1. The molecule has 0 spiro atoms. The van der Waals surface area contributed by atoms with Gasteiger partial charge in [0.25, 0.3) is 0 Å². The lowest BCUT2D eigenvalue weighted by atomic mass is 9.96. The normalized spacial score (nSPS) is 17.6. The number of sulfonamides is 1. The number of piperazine rings is 1. The van der Waals surface area contributed by atoms with E-state index in [0.717, 1.165) is 24.2 Å². The van der Waals surface area contributed by atoms with Gasteiger partial charge in [0.1, 0.15) is 5.69 Å². The van der Waals surface area contributed by atoms with Gasteiger partial charge in [-0.1, -0.05) is 53.2 Å². The molecule has 2 aliphatic rings. The highest BCUT2D eigenvalue weighted by molar-refractivity contribution is 7.89. The average Bonchev–Trinajstić information content (AvgIpc) is 3.34. The van der Waals surface area contributed by atoms with Crippen LogP contribution in [-0.4, -0.2) is 68.0 Å². The monoisotopic (exact) mass is 562 g/mol. The highest BCUT2D eigenvalue weighted by atomic mass is 32.2. The number of amides is 1. The van der Waals surface area contributed by atoms with Crippen LogP contribution in [0.3, 0.4) is 0 Å². The van der Waals surface area contributed by atoms with Crippen molar-refractivity contribution in [2.24, 2.45) is 5.92 Å².